The Morgan fingerprint density at radius 2 is 0.718 bits per heavy atom. The summed E-state index contributed by atoms with van der Waals surface area (Å²) in [6.45, 7) is 0. The summed E-state index contributed by atoms with van der Waals surface area (Å²) in [6, 6.07) is 90.8. The third-order valence-corrected chi connectivity index (χ3v) is 15.9. The molecule has 0 spiro atoms. The largest absolute Gasteiger partial charge is 0.423 e. The van der Waals surface area contributed by atoms with Gasteiger partial charge in [0, 0.05) is 54.5 Å². The summed E-state index contributed by atoms with van der Waals surface area (Å²) in [5, 5.41) is 14.4. The van der Waals surface area contributed by atoms with Crippen molar-refractivity contribution in [2.24, 2.45) is 0 Å². The van der Waals surface area contributed by atoms with Crippen molar-refractivity contribution in [1.29, 1.82) is 0 Å². The van der Waals surface area contributed by atoms with Crippen molar-refractivity contribution >= 4 is 131 Å². The highest BCUT2D eigenvalue weighted by Gasteiger charge is 2.25. The van der Waals surface area contributed by atoms with Gasteiger partial charge in [-0.25, -0.2) is 0 Å². The Balaban J connectivity index is 0.000000126. The van der Waals surface area contributed by atoms with Crippen molar-refractivity contribution in [3.05, 3.63) is 255 Å². The number of fused-ring (bicyclic) bond motifs is 18. The highest BCUT2D eigenvalue weighted by Crippen LogP contribution is 2.45. The van der Waals surface area contributed by atoms with Gasteiger partial charge in [0.05, 0.1) is 44.1 Å². The first kappa shape index (κ1) is 42.6. The molecule has 8 heteroatoms. The molecule has 6 heterocycles. The molecule has 18 rings (SSSR count). The van der Waals surface area contributed by atoms with Crippen LogP contribution < -0.4 is 0 Å². The summed E-state index contributed by atoms with van der Waals surface area (Å²) >= 11 is 0. The second-order valence-corrected chi connectivity index (χ2v) is 20.1. The molecule has 0 saturated carbocycles. The zero-order valence-electron chi connectivity index (χ0n) is 41.7. The third-order valence-electron chi connectivity index (χ3n) is 15.9. The van der Waals surface area contributed by atoms with E-state index in [4.69, 9.17) is 18.8 Å². The van der Waals surface area contributed by atoms with Crippen molar-refractivity contribution in [3.8, 4) is 23.4 Å². The summed E-state index contributed by atoms with van der Waals surface area (Å²) in [6.07, 6.45) is 0. The van der Waals surface area contributed by atoms with Crippen LogP contribution in [-0.4, -0.2) is 28.2 Å². The highest BCUT2D eigenvalue weighted by atomic mass is 16.4. The summed E-state index contributed by atoms with van der Waals surface area (Å²) in [7, 11) is 0. The Morgan fingerprint density at radius 1 is 0.256 bits per heavy atom. The van der Waals surface area contributed by atoms with Gasteiger partial charge in [-0.3, -0.25) is 9.13 Å². The van der Waals surface area contributed by atoms with E-state index in [0.29, 0.717) is 12.0 Å². The van der Waals surface area contributed by atoms with Gasteiger partial charge in [-0.15, -0.1) is 0 Å². The number of hydrogen-bond acceptors (Lipinski definition) is 4. The standard InChI is InChI=1S/2C35H21N3O/c1-2-12-24(13-3-1)37-30-16-8-6-14-25(30)27-20-33-28(21-32(27)37)26-18-22-10-4-5-11-23(22)19-31(26)38(33)35-36-29-15-7-9-17-34(29)39-35;1-2-11-23(12-3-1)37-29-16-8-6-14-25(29)26-19-20-27-32-24-13-5-4-10-22(24)18-21-30(32)38(34(27)33(26)37)35-36-28-15-7-9-17-31(28)39-35/h2*1-21H. The molecule has 0 radical (unpaired) electrons. The lowest BCUT2D eigenvalue weighted by molar-refractivity contribution is 0.574. The Hall–Kier alpha value is -10.7. The van der Waals surface area contributed by atoms with Gasteiger partial charge in [0.25, 0.3) is 0 Å². The van der Waals surface area contributed by atoms with Gasteiger partial charge in [-0.05, 0) is 113 Å². The van der Waals surface area contributed by atoms with Gasteiger partial charge in [0.15, 0.2) is 11.2 Å². The van der Waals surface area contributed by atoms with Gasteiger partial charge in [0.2, 0.25) is 0 Å². The maximum atomic E-state index is 6.45. The maximum Gasteiger partial charge on any atom is 0.307 e. The molecular formula is C70H42N6O2. The first-order valence-corrected chi connectivity index (χ1v) is 26.3. The molecule has 0 N–H and O–H groups in total. The van der Waals surface area contributed by atoms with Gasteiger partial charge in [-0.2, -0.15) is 9.97 Å². The topological polar surface area (TPSA) is 71.8 Å². The normalized spacial score (nSPS) is 12.1. The van der Waals surface area contributed by atoms with Crippen LogP contribution in [-0.2, 0) is 0 Å². The van der Waals surface area contributed by atoms with E-state index < -0.39 is 0 Å². The molecule has 0 aliphatic rings. The van der Waals surface area contributed by atoms with E-state index in [2.05, 4.69) is 225 Å². The molecule has 18 aromatic rings. The molecule has 6 aromatic heterocycles. The van der Waals surface area contributed by atoms with Crippen LogP contribution in [0.15, 0.2) is 264 Å². The lowest BCUT2D eigenvalue weighted by Gasteiger charge is -2.10. The fraction of sp³-hybridized carbons (Fsp3) is 0. The van der Waals surface area contributed by atoms with Gasteiger partial charge in [-0.1, -0.05) is 164 Å². The predicted molar refractivity (Wildman–Crippen MR) is 320 cm³/mol. The minimum atomic E-state index is 0.573. The van der Waals surface area contributed by atoms with Crippen LogP contribution in [0.3, 0.4) is 0 Å². The number of benzene rings is 12. The fourth-order valence-corrected chi connectivity index (χ4v) is 12.5. The molecule has 0 aliphatic heterocycles. The number of oxazole rings is 2. The first-order valence-electron chi connectivity index (χ1n) is 26.3. The molecule has 78 heavy (non-hydrogen) atoms. The highest BCUT2D eigenvalue weighted by molar-refractivity contribution is 6.28. The number of nitrogens with zero attached hydrogens (tertiary/aromatic N) is 6. The van der Waals surface area contributed by atoms with E-state index in [0.717, 1.165) is 61.2 Å². The lowest BCUT2D eigenvalue weighted by atomic mass is 10.0. The van der Waals surface area contributed by atoms with E-state index >= 15 is 0 Å². The number of aromatic nitrogens is 6. The van der Waals surface area contributed by atoms with Crippen molar-refractivity contribution in [2.45, 2.75) is 0 Å². The molecule has 364 valence electrons. The van der Waals surface area contributed by atoms with E-state index in [1.807, 2.05) is 48.5 Å². The Labute approximate surface area is 444 Å². The second-order valence-electron chi connectivity index (χ2n) is 20.1. The summed E-state index contributed by atoms with van der Waals surface area (Å²) in [5.41, 5.74) is 14.5. The molecule has 0 atom stereocenters. The average Bonchev–Trinajstić information content (AvgIpc) is 4.55. The lowest BCUT2D eigenvalue weighted by Crippen LogP contribution is -1.98. The number of para-hydroxylation sites is 8. The molecule has 0 amide bonds. The van der Waals surface area contributed by atoms with Crippen LogP contribution in [0.2, 0.25) is 0 Å². The smallest absolute Gasteiger partial charge is 0.307 e. The first-order chi connectivity index (χ1) is 38.7. The summed E-state index contributed by atoms with van der Waals surface area (Å²) in [5.74, 6) is 0. The minimum absolute atomic E-state index is 0.573. The van der Waals surface area contributed by atoms with Crippen LogP contribution in [0.5, 0.6) is 0 Å². The van der Waals surface area contributed by atoms with E-state index in [-0.39, 0.29) is 0 Å². The molecule has 0 saturated heterocycles. The Bertz CT molecular complexity index is 5390. The van der Waals surface area contributed by atoms with Crippen molar-refractivity contribution < 1.29 is 8.83 Å². The van der Waals surface area contributed by atoms with Crippen molar-refractivity contribution in [2.75, 3.05) is 0 Å². The summed E-state index contributed by atoms with van der Waals surface area (Å²) in [4.78, 5) is 9.91. The Kier molecular flexibility index (Phi) is 8.96. The van der Waals surface area contributed by atoms with Gasteiger partial charge in [0.1, 0.15) is 11.0 Å². The molecular weight excluding hydrogens is 957 g/mol. The third kappa shape index (κ3) is 6.16. The van der Waals surface area contributed by atoms with Gasteiger partial charge < -0.3 is 18.0 Å². The van der Waals surface area contributed by atoms with Crippen LogP contribution in [0, 0.1) is 0 Å². The van der Waals surface area contributed by atoms with Crippen LogP contribution in [0.25, 0.3) is 154 Å². The molecule has 0 bridgehead atoms. The molecule has 0 aliphatic carbocycles. The molecule has 0 fully saturated rings. The zero-order valence-corrected chi connectivity index (χ0v) is 41.7. The minimum Gasteiger partial charge on any atom is -0.423 e. The molecule has 0 unspecified atom stereocenters. The quantitative estimate of drug-likeness (QED) is 0.176. The van der Waals surface area contributed by atoms with E-state index in [1.54, 1.807) is 0 Å². The zero-order chi connectivity index (χ0) is 51.0. The van der Waals surface area contributed by atoms with E-state index in [1.165, 1.54) is 81.2 Å². The van der Waals surface area contributed by atoms with Crippen molar-refractivity contribution in [3.63, 3.8) is 0 Å². The van der Waals surface area contributed by atoms with Crippen LogP contribution in [0.1, 0.15) is 0 Å². The number of hydrogen-bond donors (Lipinski definition) is 0. The van der Waals surface area contributed by atoms with E-state index in [9.17, 15) is 0 Å². The maximum absolute atomic E-state index is 6.45. The molecule has 8 nitrogen and oxygen atoms in total. The monoisotopic (exact) mass is 998 g/mol. The molecule has 12 aromatic carbocycles. The number of rotatable bonds is 4. The average molecular weight is 999 g/mol. The van der Waals surface area contributed by atoms with Crippen LogP contribution >= 0.6 is 0 Å². The predicted octanol–water partition coefficient (Wildman–Crippen LogP) is 18.4. The summed E-state index contributed by atoms with van der Waals surface area (Å²) < 4.78 is 22.0. The van der Waals surface area contributed by atoms with Gasteiger partial charge >= 0.3 is 12.0 Å². The Morgan fingerprint density at radius 3 is 1.40 bits per heavy atom. The SMILES string of the molecule is c1ccc(-n2c3ccccc3c3cc4c(cc32)c2cc3ccccc3cc2n4-c2nc3ccccc3o2)cc1.c1ccc(-n2c3ccccc3c3ccc4c5c6ccccc6ccc5n(-c5nc6ccccc6o5)c4c32)cc1. The second kappa shape index (κ2) is 16.4. The fourth-order valence-electron chi connectivity index (χ4n) is 12.5. The van der Waals surface area contributed by atoms with Crippen LogP contribution in [0.4, 0.5) is 0 Å². The van der Waals surface area contributed by atoms with Crippen molar-refractivity contribution in [1.82, 2.24) is 28.2 Å².